The second-order valence-electron chi connectivity index (χ2n) is 3.47. The van der Waals surface area contributed by atoms with Gasteiger partial charge in [0.1, 0.15) is 11.5 Å². The maximum Gasteiger partial charge on any atom is 0.204 e. The van der Waals surface area contributed by atoms with E-state index in [1.54, 1.807) is 42.6 Å². The summed E-state index contributed by atoms with van der Waals surface area (Å²) in [5, 5.41) is 0. The largest absolute Gasteiger partial charge is 0.288 e. The molecule has 1 aromatic carbocycles. The zero-order chi connectivity index (χ0) is 12.1. The number of aromatic nitrogens is 1. The molecule has 0 aliphatic heterocycles. The van der Waals surface area contributed by atoms with Crippen molar-refractivity contribution in [1.29, 1.82) is 0 Å². The molecular weight excluding hydrogens is 217 g/mol. The van der Waals surface area contributed by atoms with Gasteiger partial charge in [-0.25, -0.2) is 4.39 Å². The first-order chi connectivity index (χ1) is 8.25. The van der Waals surface area contributed by atoms with Crippen LogP contribution in [0.2, 0.25) is 0 Å². The average Bonchev–Trinajstić information content (AvgIpc) is 2.37. The Morgan fingerprint density at radius 3 is 2.76 bits per heavy atom. The number of benzene rings is 1. The summed E-state index contributed by atoms with van der Waals surface area (Å²) >= 11 is 0. The number of allylic oxidation sites excluding steroid dienone is 1. The van der Waals surface area contributed by atoms with Crippen LogP contribution in [0.4, 0.5) is 4.39 Å². The Balaban J connectivity index is 2.14. The van der Waals surface area contributed by atoms with E-state index in [9.17, 15) is 9.18 Å². The van der Waals surface area contributed by atoms with Gasteiger partial charge in [0, 0.05) is 6.20 Å². The van der Waals surface area contributed by atoms with Gasteiger partial charge < -0.3 is 0 Å². The van der Waals surface area contributed by atoms with Crippen molar-refractivity contribution in [3.63, 3.8) is 0 Å². The molecule has 0 aliphatic carbocycles. The highest BCUT2D eigenvalue weighted by atomic mass is 19.1. The van der Waals surface area contributed by atoms with Gasteiger partial charge in [-0.2, -0.15) is 0 Å². The van der Waals surface area contributed by atoms with Gasteiger partial charge >= 0.3 is 0 Å². The number of hydrogen-bond acceptors (Lipinski definition) is 2. The molecule has 0 spiro atoms. The molecule has 0 aliphatic rings. The quantitative estimate of drug-likeness (QED) is 0.595. The smallest absolute Gasteiger partial charge is 0.204 e. The molecule has 1 heterocycles. The Labute approximate surface area is 98.4 Å². The summed E-state index contributed by atoms with van der Waals surface area (Å²) in [5.74, 6) is -0.521. The molecule has 0 saturated heterocycles. The molecule has 0 atom stereocenters. The van der Waals surface area contributed by atoms with Crippen LogP contribution in [0.3, 0.4) is 0 Å². The number of ketones is 1. The standard InChI is InChI=1S/C14H10FNO/c15-12-5-3-4-11(10-12)7-8-14(17)13-6-1-2-9-16-13/h1-10H/b8-7+. The molecule has 0 bridgehead atoms. The normalized spacial score (nSPS) is 10.6. The molecular formula is C14H10FNO. The van der Waals surface area contributed by atoms with Crippen LogP contribution in [0, 0.1) is 5.82 Å². The fourth-order valence-corrected chi connectivity index (χ4v) is 1.38. The minimum atomic E-state index is -0.322. The van der Waals surface area contributed by atoms with E-state index in [0.29, 0.717) is 11.3 Å². The van der Waals surface area contributed by atoms with Crippen molar-refractivity contribution in [1.82, 2.24) is 4.98 Å². The third-order valence-electron chi connectivity index (χ3n) is 2.19. The zero-order valence-corrected chi connectivity index (χ0v) is 9.01. The predicted molar refractivity (Wildman–Crippen MR) is 64.0 cm³/mol. The lowest BCUT2D eigenvalue weighted by molar-refractivity contribution is 0.104. The molecule has 3 heteroatoms. The van der Waals surface area contributed by atoms with Crippen LogP contribution in [0.1, 0.15) is 16.1 Å². The lowest BCUT2D eigenvalue weighted by atomic mass is 10.1. The molecule has 0 unspecified atom stereocenters. The first kappa shape index (κ1) is 11.2. The lowest BCUT2D eigenvalue weighted by Crippen LogP contribution is -1.96. The fraction of sp³-hybridized carbons (Fsp3) is 0. The van der Waals surface area contributed by atoms with Crippen molar-refractivity contribution in [2.75, 3.05) is 0 Å². The van der Waals surface area contributed by atoms with Crippen molar-refractivity contribution < 1.29 is 9.18 Å². The maximum atomic E-state index is 12.9. The highest BCUT2D eigenvalue weighted by Gasteiger charge is 2.01. The molecule has 2 nitrogen and oxygen atoms in total. The van der Waals surface area contributed by atoms with Crippen LogP contribution in [-0.2, 0) is 0 Å². The van der Waals surface area contributed by atoms with Gasteiger partial charge in [0.25, 0.3) is 0 Å². The summed E-state index contributed by atoms with van der Waals surface area (Å²) in [5.41, 5.74) is 1.02. The van der Waals surface area contributed by atoms with Crippen LogP contribution in [0.5, 0.6) is 0 Å². The minimum absolute atomic E-state index is 0.199. The van der Waals surface area contributed by atoms with Crippen LogP contribution in [-0.4, -0.2) is 10.8 Å². The SMILES string of the molecule is O=C(/C=C/c1cccc(F)c1)c1ccccn1. The van der Waals surface area contributed by atoms with E-state index >= 15 is 0 Å². The van der Waals surface area contributed by atoms with Crippen molar-refractivity contribution in [2.45, 2.75) is 0 Å². The van der Waals surface area contributed by atoms with E-state index in [1.807, 2.05) is 0 Å². The van der Waals surface area contributed by atoms with E-state index in [-0.39, 0.29) is 11.6 Å². The molecule has 2 aromatic rings. The van der Waals surface area contributed by atoms with E-state index in [2.05, 4.69) is 4.98 Å². The number of carbonyl (C=O) groups is 1. The van der Waals surface area contributed by atoms with Gasteiger partial charge in [0.05, 0.1) is 0 Å². The van der Waals surface area contributed by atoms with E-state index < -0.39 is 0 Å². The number of rotatable bonds is 3. The third kappa shape index (κ3) is 3.08. The Bertz CT molecular complexity index is 549. The number of pyridine rings is 1. The summed E-state index contributed by atoms with van der Waals surface area (Å²) in [6.45, 7) is 0. The summed E-state index contributed by atoms with van der Waals surface area (Å²) < 4.78 is 12.9. The van der Waals surface area contributed by atoms with E-state index in [1.165, 1.54) is 18.2 Å². The van der Waals surface area contributed by atoms with Crippen molar-refractivity contribution in [3.8, 4) is 0 Å². The average molecular weight is 227 g/mol. The summed E-state index contributed by atoms with van der Waals surface area (Å²) in [6, 6.07) is 11.2. The molecule has 1 aromatic heterocycles. The first-order valence-corrected chi connectivity index (χ1v) is 5.15. The molecule has 0 fully saturated rings. The number of hydrogen-bond donors (Lipinski definition) is 0. The highest BCUT2D eigenvalue weighted by molar-refractivity contribution is 6.05. The molecule has 0 radical (unpaired) electrons. The van der Waals surface area contributed by atoms with E-state index in [0.717, 1.165) is 0 Å². The molecule has 0 N–H and O–H groups in total. The van der Waals surface area contributed by atoms with Crippen LogP contribution >= 0.6 is 0 Å². The lowest BCUT2D eigenvalue weighted by Gasteiger charge is -1.94. The van der Waals surface area contributed by atoms with Gasteiger partial charge in [0.2, 0.25) is 5.78 Å². The fourth-order valence-electron chi connectivity index (χ4n) is 1.38. The van der Waals surface area contributed by atoms with Crippen molar-refractivity contribution in [3.05, 3.63) is 71.8 Å². The van der Waals surface area contributed by atoms with Gasteiger partial charge in [-0.1, -0.05) is 24.3 Å². The molecule has 84 valence electrons. The Morgan fingerprint density at radius 2 is 2.06 bits per heavy atom. The highest BCUT2D eigenvalue weighted by Crippen LogP contribution is 2.06. The van der Waals surface area contributed by atoms with Gasteiger partial charge in [-0.15, -0.1) is 0 Å². The zero-order valence-electron chi connectivity index (χ0n) is 9.01. The molecule has 2 rings (SSSR count). The van der Waals surface area contributed by atoms with Crippen LogP contribution < -0.4 is 0 Å². The van der Waals surface area contributed by atoms with Crippen LogP contribution in [0.15, 0.2) is 54.7 Å². The Hall–Kier alpha value is -2.29. The summed E-state index contributed by atoms with van der Waals surface area (Å²) in [4.78, 5) is 15.6. The van der Waals surface area contributed by atoms with Crippen molar-refractivity contribution in [2.24, 2.45) is 0 Å². The van der Waals surface area contributed by atoms with Gasteiger partial charge in [-0.3, -0.25) is 9.78 Å². The Morgan fingerprint density at radius 1 is 1.18 bits per heavy atom. The second-order valence-corrected chi connectivity index (χ2v) is 3.47. The molecule has 17 heavy (non-hydrogen) atoms. The third-order valence-corrected chi connectivity index (χ3v) is 2.19. The van der Waals surface area contributed by atoms with Crippen LogP contribution in [0.25, 0.3) is 6.08 Å². The molecule has 0 saturated carbocycles. The van der Waals surface area contributed by atoms with Crippen molar-refractivity contribution >= 4 is 11.9 Å². The predicted octanol–water partition coefficient (Wildman–Crippen LogP) is 3.12. The minimum Gasteiger partial charge on any atom is -0.288 e. The number of carbonyl (C=O) groups excluding carboxylic acids is 1. The number of halogens is 1. The van der Waals surface area contributed by atoms with Gasteiger partial charge in [0.15, 0.2) is 0 Å². The van der Waals surface area contributed by atoms with E-state index in [4.69, 9.17) is 0 Å². The summed E-state index contributed by atoms with van der Waals surface area (Å²) in [6.07, 6.45) is 4.51. The monoisotopic (exact) mass is 227 g/mol. The Kier molecular flexibility index (Phi) is 3.40. The summed E-state index contributed by atoms with van der Waals surface area (Å²) in [7, 11) is 0. The van der Waals surface area contributed by atoms with Gasteiger partial charge in [-0.05, 0) is 35.9 Å². The second kappa shape index (κ2) is 5.16. The topological polar surface area (TPSA) is 30.0 Å². The molecule has 0 amide bonds. The number of nitrogens with zero attached hydrogens (tertiary/aromatic N) is 1. The first-order valence-electron chi connectivity index (χ1n) is 5.15. The maximum absolute atomic E-state index is 12.9.